The number of carbonyl (C=O) groups is 2. The number of hydrogen-bond acceptors (Lipinski definition) is 4. The van der Waals surface area contributed by atoms with Gasteiger partial charge >= 0.3 is 11.9 Å². The van der Waals surface area contributed by atoms with E-state index in [1.807, 2.05) is 0 Å². The van der Waals surface area contributed by atoms with Crippen molar-refractivity contribution >= 4 is 11.9 Å². The first kappa shape index (κ1) is 16.9. The first-order chi connectivity index (χ1) is 7.99. The van der Waals surface area contributed by atoms with Crippen molar-refractivity contribution in [1.29, 1.82) is 0 Å². The molecule has 0 spiro atoms. The van der Waals surface area contributed by atoms with Crippen LogP contribution in [0.15, 0.2) is 0 Å². The monoisotopic (exact) mass is 258 g/mol. The molecule has 0 saturated heterocycles. The van der Waals surface area contributed by atoms with Crippen molar-refractivity contribution in [3.05, 3.63) is 0 Å². The predicted octanol–water partition coefficient (Wildman–Crippen LogP) is 3.09. The van der Waals surface area contributed by atoms with E-state index in [9.17, 15) is 9.59 Å². The van der Waals surface area contributed by atoms with Gasteiger partial charge in [-0.25, -0.2) is 0 Å². The number of esters is 2. The number of ether oxygens (including phenoxy) is 2. The summed E-state index contributed by atoms with van der Waals surface area (Å²) in [6.45, 7) is 12.0. The molecule has 0 rings (SSSR count). The fourth-order valence-corrected chi connectivity index (χ4v) is 1.14. The van der Waals surface area contributed by atoms with Gasteiger partial charge in [0.25, 0.3) is 0 Å². The van der Waals surface area contributed by atoms with Crippen LogP contribution in [0.1, 0.15) is 60.8 Å². The van der Waals surface area contributed by atoms with Crippen molar-refractivity contribution in [2.75, 3.05) is 6.61 Å². The molecule has 0 heterocycles. The summed E-state index contributed by atoms with van der Waals surface area (Å²) in [4.78, 5) is 22.7. The first-order valence-electron chi connectivity index (χ1n) is 6.37. The van der Waals surface area contributed by atoms with Crippen LogP contribution in [-0.2, 0) is 19.1 Å². The lowest BCUT2D eigenvalue weighted by Gasteiger charge is -2.19. The fourth-order valence-electron chi connectivity index (χ4n) is 1.14. The summed E-state index contributed by atoms with van der Waals surface area (Å²) in [5.74, 6) is -0.708. The molecule has 0 atom stereocenters. The Kier molecular flexibility index (Phi) is 6.36. The van der Waals surface area contributed by atoms with E-state index in [2.05, 4.69) is 20.8 Å². The van der Waals surface area contributed by atoms with E-state index in [1.54, 1.807) is 20.8 Å². The van der Waals surface area contributed by atoms with Gasteiger partial charge in [-0.3, -0.25) is 9.59 Å². The summed E-state index contributed by atoms with van der Waals surface area (Å²) in [5, 5.41) is 0. The van der Waals surface area contributed by atoms with Crippen LogP contribution in [0.5, 0.6) is 0 Å². The Labute approximate surface area is 110 Å². The molecule has 106 valence electrons. The molecule has 4 heteroatoms. The van der Waals surface area contributed by atoms with Crippen LogP contribution in [0.25, 0.3) is 0 Å². The van der Waals surface area contributed by atoms with E-state index in [-0.39, 0.29) is 30.2 Å². The minimum absolute atomic E-state index is 0.0750. The van der Waals surface area contributed by atoms with Gasteiger partial charge in [0.15, 0.2) is 0 Å². The average Bonchev–Trinajstić information content (AvgIpc) is 2.09. The number of rotatable bonds is 5. The second-order valence-corrected chi connectivity index (χ2v) is 6.62. The summed E-state index contributed by atoms with van der Waals surface area (Å²) in [6.07, 6.45) is 0.968. The van der Waals surface area contributed by atoms with E-state index in [4.69, 9.17) is 9.47 Å². The van der Waals surface area contributed by atoms with E-state index < -0.39 is 5.60 Å². The lowest BCUT2D eigenvalue weighted by molar-refractivity contribution is -0.158. The van der Waals surface area contributed by atoms with E-state index in [0.717, 1.165) is 6.42 Å². The Bertz CT molecular complexity index is 281. The molecule has 0 fully saturated rings. The summed E-state index contributed by atoms with van der Waals surface area (Å²) < 4.78 is 10.2. The highest BCUT2D eigenvalue weighted by Crippen LogP contribution is 2.18. The molecule has 4 nitrogen and oxygen atoms in total. The average molecular weight is 258 g/mol. The maximum absolute atomic E-state index is 11.4. The minimum atomic E-state index is -0.507. The van der Waals surface area contributed by atoms with E-state index >= 15 is 0 Å². The molecule has 18 heavy (non-hydrogen) atoms. The van der Waals surface area contributed by atoms with Crippen molar-refractivity contribution in [2.24, 2.45) is 5.41 Å². The van der Waals surface area contributed by atoms with Crippen LogP contribution in [-0.4, -0.2) is 24.1 Å². The fraction of sp³-hybridized carbons (Fsp3) is 0.857. The lowest BCUT2D eigenvalue weighted by atomic mass is 9.93. The van der Waals surface area contributed by atoms with Crippen molar-refractivity contribution in [2.45, 2.75) is 66.4 Å². The summed E-state index contributed by atoms with van der Waals surface area (Å²) >= 11 is 0. The van der Waals surface area contributed by atoms with Gasteiger partial charge in [0.2, 0.25) is 0 Å². The van der Waals surface area contributed by atoms with Gasteiger partial charge in [0.05, 0.1) is 19.4 Å². The molecule has 0 unspecified atom stereocenters. The molecular formula is C14H26O4. The molecule has 0 aromatic carbocycles. The number of carbonyl (C=O) groups excluding carboxylic acids is 2. The third kappa shape index (κ3) is 11.4. The third-order valence-corrected chi connectivity index (χ3v) is 2.07. The first-order valence-corrected chi connectivity index (χ1v) is 6.37. The Morgan fingerprint density at radius 3 is 1.83 bits per heavy atom. The molecular weight excluding hydrogens is 232 g/mol. The molecule has 0 radical (unpaired) electrons. The van der Waals surface area contributed by atoms with Gasteiger partial charge < -0.3 is 9.47 Å². The van der Waals surface area contributed by atoms with Gasteiger partial charge in [0, 0.05) is 0 Å². The van der Waals surface area contributed by atoms with Crippen LogP contribution in [0.2, 0.25) is 0 Å². The molecule has 0 aliphatic heterocycles. The van der Waals surface area contributed by atoms with Crippen molar-refractivity contribution < 1.29 is 19.1 Å². The zero-order valence-electron chi connectivity index (χ0n) is 12.5. The van der Waals surface area contributed by atoms with Gasteiger partial charge in [-0.2, -0.15) is 0 Å². The maximum atomic E-state index is 11.4. The van der Waals surface area contributed by atoms with Crippen molar-refractivity contribution in [3.8, 4) is 0 Å². The Hall–Kier alpha value is -1.06. The molecule has 0 amide bonds. The van der Waals surface area contributed by atoms with Crippen molar-refractivity contribution in [3.63, 3.8) is 0 Å². The lowest BCUT2D eigenvalue weighted by Crippen LogP contribution is -2.24. The largest absolute Gasteiger partial charge is 0.466 e. The normalized spacial score (nSPS) is 12.1. The maximum Gasteiger partial charge on any atom is 0.306 e. The molecule has 0 aliphatic carbocycles. The van der Waals surface area contributed by atoms with Crippen molar-refractivity contribution in [1.82, 2.24) is 0 Å². The summed E-state index contributed by atoms with van der Waals surface area (Å²) in [7, 11) is 0. The smallest absolute Gasteiger partial charge is 0.306 e. The van der Waals surface area contributed by atoms with Crippen LogP contribution in [0.3, 0.4) is 0 Å². The van der Waals surface area contributed by atoms with Gasteiger partial charge in [-0.05, 0) is 32.6 Å². The van der Waals surface area contributed by atoms with Crippen LogP contribution in [0, 0.1) is 5.41 Å². The Balaban J connectivity index is 3.75. The number of hydrogen-bond donors (Lipinski definition) is 0. The molecule has 0 aromatic heterocycles. The quantitative estimate of drug-likeness (QED) is 0.711. The molecule has 0 N–H and O–H groups in total. The Morgan fingerprint density at radius 1 is 0.889 bits per heavy atom. The molecule has 0 aliphatic rings. The zero-order valence-corrected chi connectivity index (χ0v) is 12.5. The predicted molar refractivity (Wildman–Crippen MR) is 70.1 cm³/mol. The summed E-state index contributed by atoms with van der Waals surface area (Å²) in [5.41, 5.74) is -0.362. The van der Waals surface area contributed by atoms with E-state index in [1.165, 1.54) is 0 Å². The SMILES string of the molecule is CC(C)(C)CCOC(=O)CCC(=O)OC(C)(C)C. The summed E-state index contributed by atoms with van der Waals surface area (Å²) in [6, 6.07) is 0. The van der Waals surface area contributed by atoms with Crippen LogP contribution >= 0.6 is 0 Å². The van der Waals surface area contributed by atoms with Gasteiger partial charge in [-0.15, -0.1) is 0 Å². The minimum Gasteiger partial charge on any atom is -0.466 e. The highest BCUT2D eigenvalue weighted by molar-refractivity contribution is 5.77. The van der Waals surface area contributed by atoms with E-state index in [0.29, 0.717) is 6.61 Å². The standard InChI is InChI=1S/C14H26O4/c1-13(2,3)9-10-17-11(15)7-8-12(16)18-14(4,5)6/h7-10H2,1-6H3. The zero-order chi connectivity index (χ0) is 14.4. The Morgan fingerprint density at radius 2 is 1.39 bits per heavy atom. The van der Waals surface area contributed by atoms with Gasteiger partial charge in [0.1, 0.15) is 5.60 Å². The molecule has 0 bridgehead atoms. The van der Waals surface area contributed by atoms with Gasteiger partial charge in [-0.1, -0.05) is 20.8 Å². The van der Waals surface area contributed by atoms with Crippen LogP contribution in [0.4, 0.5) is 0 Å². The topological polar surface area (TPSA) is 52.6 Å². The van der Waals surface area contributed by atoms with Crippen LogP contribution < -0.4 is 0 Å². The second-order valence-electron chi connectivity index (χ2n) is 6.62. The third-order valence-electron chi connectivity index (χ3n) is 2.07. The highest BCUT2D eigenvalue weighted by Gasteiger charge is 2.17. The molecule has 0 saturated carbocycles. The highest BCUT2D eigenvalue weighted by atomic mass is 16.6. The molecule has 0 aromatic rings. The second kappa shape index (κ2) is 6.76.